The SMILES string of the molecule is CC(=O)N[C@@H](C)COc1cnc(-c2ccc(Oc3cccc(OCC4CC4)c3)cc2)s1. The number of hydrogen-bond acceptors (Lipinski definition) is 6. The normalized spacial score (nSPS) is 14.0. The third kappa shape index (κ3) is 6.46. The summed E-state index contributed by atoms with van der Waals surface area (Å²) < 4.78 is 17.5. The molecule has 1 saturated carbocycles. The molecule has 0 unspecified atom stereocenters. The Labute approximate surface area is 186 Å². The molecule has 31 heavy (non-hydrogen) atoms. The molecule has 2 aromatic carbocycles. The molecule has 1 amide bonds. The van der Waals surface area contributed by atoms with Crippen LogP contribution >= 0.6 is 11.3 Å². The highest BCUT2D eigenvalue weighted by molar-refractivity contribution is 7.16. The number of hydrogen-bond donors (Lipinski definition) is 1. The molecular weight excluding hydrogens is 412 g/mol. The number of ether oxygens (including phenoxy) is 3. The predicted octanol–water partition coefficient (Wildman–Crippen LogP) is 5.29. The summed E-state index contributed by atoms with van der Waals surface area (Å²) >= 11 is 1.47. The molecule has 3 aromatic rings. The van der Waals surface area contributed by atoms with E-state index in [9.17, 15) is 4.79 Å². The van der Waals surface area contributed by atoms with E-state index >= 15 is 0 Å². The maximum Gasteiger partial charge on any atom is 0.217 e. The number of carbonyl (C=O) groups excluding carboxylic acids is 1. The van der Waals surface area contributed by atoms with Crippen LogP contribution in [0.5, 0.6) is 22.3 Å². The minimum atomic E-state index is -0.0686. The van der Waals surface area contributed by atoms with E-state index < -0.39 is 0 Å². The summed E-state index contributed by atoms with van der Waals surface area (Å²) in [6.45, 7) is 4.58. The van der Waals surface area contributed by atoms with Gasteiger partial charge >= 0.3 is 0 Å². The van der Waals surface area contributed by atoms with E-state index in [1.54, 1.807) is 6.20 Å². The highest BCUT2D eigenvalue weighted by Gasteiger charge is 2.21. The average Bonchev–Trinajstić information content (AvgIpc) is 3.47. The number of benzene rings is 2. The summed E-state index contributed by atoms with van der Waals surface area (Å²) in [5.41, 5.74) is 0.989. The Kier molecular flexibility index (Phi) is 6.72. The molecule has 7 heteroatoms. The van der Waals surface area contributed by atoms with Crippen molar-refractivity contribution in [3.63, 3.8) is 0 Å². The summed E-state index contributed by atoms with van der Waals surface area (Å²) in [4.78, 5) is 15.5. The van der Waals surface area contributed by atoms with E-state index in [-0.39, 0.29) is 11.9 Å². The van der Waals surface area contributed by atoms with Gasteiger partial charge in [0.2, 0.25) is 5.91 Å². The van der Waals surface area contributed by atoms with Gasteiger partial charge in [-0.05, 0) is 62.1 Å². The predicted molar refractivity (Wildman–Crippen MR) is 121 cm³/mol. The highest BCUT2D eigenvalue weighted by Crippen LogP contribution is 2.33. The van der Waals surface area contributed by atoms with Gasteiger partial charge in [-0.1, -0.05) is 17.4 Å². The van der Waals surface area contributed by atoms with E-state index in [2.05, 4.69) is 10.3 Å². The minimum absolute atomic E-state index is 0.0582. The maximum absolute atomic E-state index is 11.1. The molecule has 162 valence electrons. The van der Waals surface area contributed by atoms with Crippen LogP contribution in [0.1, 0.15) is 26.7 Å². The second kappa shape index (κ2) is 9.83. The molecule has 1 atom stereocenters. The minimum Gasteiger partial charge on any atom is -0.493 e. The fourth-order valence-electron chi connectivity index (χ4n) is 2.98. The van der Waals surface area contributed by atoms with Crippen molar-refractivity contribution >= 4 is 17.2 Å². The molecule has 0 saturated heterocycles. The molecule has 4 rings (SSSR count). The zero-order valence-electron chi connectivity index (χ0n) is 17.7. The zero-order valence-corrected chi connectivity index (χ0v) is 18.5. The van der Waals surface area contributed by atoms with Crippen molar-refractivity contribution in [2.45, 2.75) is 32.7 Å². The number of aromatic nitrogens is 1. The Bertz CT molecular complexity index is 1010. The van der Waals surface area contributed by atoms with Crippen molar-refractivity contribution in [1.82, 2.24) is 10.3 Å². The molecule has 0 radical (unpaired) electrons. The quantitative estimate of drug-likeness (QED) is 0.465. The first-order valence-corrected chi connectivity index (χ1v) is 11.2. The fraction of sp³-hybridized carbons (Fsp3) is 0.333. The molecular formula is C24H26N2O4S. The van der Waals surface area contributed by atoms with Crippen molar-refractivity contribution in [2.24, 2.45) is 5.92 Å². The van der Waals surface area contributed by atoms with Crippen LogP contribution in [-0.4, -0.2) is 30.1 Å². The standard InChI is InChI=1S/C24H26N2O4S/c1-16(26-17(2)27)14-29-23-13-25-24(31-23)19-8-10-20(11-9-19)30-22-5-3-4-21(12-22)28-15-18-6-7-18/h3-5,8-13,16,18H,6-7,14-15H2,1-2H3,(H,26,27)/t16-/m0/s1. The smallest absolute Gasteiger partial charge is 0.217 e. The van der Waals surface area contributed by atoms with Crippen LogP contribution in [0.4, 0.5) is 0 Å². The summed E-state index contributed by atoms with van der Waals surface area (Å²) in [6.07, 6.45) is 4.24. The van der Waals surface area contributed by atoms with E-state index in [0.717, 1.165) is 45.4 Å². The van der Waals surface area contributed by atoms with Crippen LogP contribution in [0.15, 0.2) is 54.7 Å². The van der Waals surface area contributed by atoms with Crippen LogP contribution < -0.4 is 19.5 Å². The first kappa shape index (κ1) is 21.2. The summed E-state index contributed by atoms with van der Waals surface area (Å²) in [5, 5.41) is 4.38. The molecule has 1 aromatic heterocycles. The molecule has 0 spiro atoms. The molecule has 1 aliphatic carbocycles. The second-order valence-electron chi connectivity index (χ2n) is 7.75. The Morgan fingerprint density at radius 3 is 2.65 bits per heavy atom. The number of carbonyl (C=O) groups is 1. The van der Waals surface area contributed by atoms with Crippen molar-refractivity contribution < 1.29 is 19.0 Å². The first-order valence-electron chi connectivity index (χ1n) is 10.4. The molecule has 1 N–H and O–H groups in total. The third-order valence-corrected chi connectivity index (χ3v) is 5.69. The molecule has 1 aliphatic rings. The lowest BCUT2D eigenvalue weighted by molar-refractivity contribution is -0.119. The molecule has 1 heterocycles. The molecule has 0 bridgehead atoms. The average molecular weight is 439 g/mol. The molecule has 0 aliphatic heterocycles. The zero-order chi connectivity index (χ0) is 21.6. The topological polar surface area (TPSA) is 69.7 Å². The van der Waals surface area contributed by atoms with E-state index in [1.807, 2.05) is 55.5 Å². The number of thiazole rings is 1. The van der Waals surface area contributed by atoms with Crippen molar-refractivity contribution in [1.29, 1.82) is 0 Å². The Hall–Kier alpha value is -3.06. The fourth-order valence-corrected chi connectivity index (χ4v) is 3.77. The number of nitrogens with zero attached hydrogens (tertiary/aromatic N) is 1. The third-order valence-electron chi connectivity index (χ3n) is 4.73. The van der Waals surface area contributed by atoms with Gasteiger partial charge in [0.15, 0.2) is 5.06 Å². The second-order valence-corrected chi connectivity index (χ2v) is 8.75. The van der Waals surface area contributed by atoms with Crippen LogP contribution in [-0.2, 0) is 4.79 Å². The Morgan fingerprint density at radius 2 is 1.90 bits per heavy atom. The van der Waals surface area contributed by atoms with Crippen LogP contribution in [0.2, 0.25) is 0 Å². The Balaban J connectivity index is 1.32. The number of amides is 1. The van der Waals surface area contributed by atoms with Gasteiger partial charge in [0, 0.05) is 18.6 Å². The lowest BCUT2D eigenvalue weighted by Crippen LogP contribution is -2.35. The van der Waals surface area contributed by atoms with Gasteiger partial charge in [0.1, 0.15) is 28.9 Å². The van der Waals surface area contributed by atoms with Gasteiger partial charge in [-0.25, -0.2) is 4.98 Å². The summed E-state index contributed by atoms with van der Waals surface area (Å²) in [5.74, 6) is 2.99. The Morgan fingerprint density at radius 1 is 1.13 bits per heavy atom. The lowest BCUT2D eigenvalue weighted by Gasteiger charge is -2.12. The van der Waals surface area contributed by atoms with Gasteiger partial charge < -0.3 is 19.5 Å². The lowest BCUT2D eigenvalue weighted by atomic mass is 10.2. The largest absolute Gasteiger partial charge is 0.493 e. The summed E-state index contributed by atoms with van der Waals surface area (Å²) in [6, 6.07) is 15.5. The van der Waals surface area contributed by atoms with E-state index in [1.165, 1.54) is 31.1 Å². The number of rotatable bonds is 10. The van der Waals surface area contributed by atoms with Gasteiger partial charge in [-0.3, -0.25) is 4.79 Å². The van der Waals surface area contributed by atoms with Gasteiger partial charge in [0.05, 0.1) is 18.8 Å². The maximum atomic E-state index is 11.1. The van der Waals surface area contributed by atoms with E-state index in [0.29, 0.717) is 6.61 Å². The van der Waals surface area contributed by atoms with Crippen LogP contribution in [0.25, 0.3) is 10.6 Å². The van der Waals surface area contributed by atoms with Crippen LogP contribution in [0, 0.1) is 5.92 Å². The van der Waals surface area contributed by atoms with Crippen molar-refractivity contribution in [2.75, 3.05) is 13.2 Å². The monoisotopic (exact) mass is 438 g/mol. The highest BCUT2D eigenvalue weighted by atomic mass is 32.1. The van der Waals surface area contributed by atoms with Gasteiger partial charge in [-0.15, -0.1) is 0 Å². The van der Waals surface area contributed by atoms with Gasteiger partial charge in [0.25, 0.3) is 0 Å². The van der Waals surface area contributed by atoms with Gasteiger partial charge in [-0.2, -0.15) is 0 Å². The molecule has 6 nitrogen and oxygen atoms in total. The van der Waals surface area contributed by atoms with Crippen molar-refractivity contribution in [3.05, 3.63) is 54.7 Å². The first-order chi connectivity index (χ1) is 15.0. The summed E-state index contributed by atoms with van der Waals surface area (Å²) in [7, 11) is 0. The number of nitrogens with one attached hydrogen (secondary N) is 1. The van der Waals surface area contributed by atoms with Crippen LogP contribution in [0.3, 0.4) is 0 Å². The molecule has 1 fully saturated rings. The van der Waals surface area contributed by atoms with Crippen molar-refractivity contribution in [3.8, 4) is 32.9 Å². The van der Waals surface area contributed by atoms with E-state index in [4.69, 9.17) is 14.2 Å².